The lowest BCUT2D eigenvalue weighted by atomic mass is 10.0. The van der Waals surface area contributed by atoms with Crippen LogP contribution in [0.4, 0.5) is 11.8 Å². The standard InChI is InChI=1S/C13H24N6/c1-11-5-2-3-9-19(11)10-4-7-15-12-6-8-16-13(17-12)18-14/h6,8,11H,2-5,7,9-10,14H2,1H3,(H2,15,16,17,18). The van der Waals surface area contributed by atoms with Crippen molar-refractivity contribution in [2.24, 2.45) is 5.84 Å². The number of rotatable bonds is 6. The summed E-state index contributed by atoms with van der Waals surface area (Å²) in [7, 11) is 0. The molecule has 0 radical (unpaired) electrons. The van der Waals surface area contributed by atoms with Crippen LogP contribution in [0.25, 0.3) is 0 Å². The lowest BCUT2D eigenvalue weighted by Crippen LogP contribution is -2.38. The maximum Gasteiger partial charge on any atom is 0.239 e. The molecule has 1 aliphatic heterocycles. The van der Waals surface area contributed by atoms with E-state index in [0.717, 1.165) is 31.4 Å². The molecule has 1 aromatic heterocycles. The van der Waals surface area contributed by atoms with E-state index in [9.17, 15) is 0 Å². The van der Waals surface area contributed by atoms with Crippen molar-refractivity contribution < 1.29 is 0 Å². The zero-order valence-corrected chi connectivity index (χ0v) is 11.6. The van der Waals surface area contributed by atoms with E-state index < -0.39 is 0 Å². The summed E-state index contributed by atoms with van der Waals surface area (Å²) in [4.78, 5) is 10.8. The fraction of sp³-hybridized carbons (Fsp3) is 0.692. The van der Waals surface area contributed by atoms with Crippen molar-refractivity contribution in [3.05, 3.63) is 12.3 Å². The quantitative estimate of drug-likeness (QED) is 0.410. The van der Waals surface area contributed by atoms with Gasteiger partial charge in [0, 0.05) is 25.3 Å². The molecule has 1 aliphatic rings. The highest BCUT2D eigenvalue weighted by Gasteiger charge is 2.16. The Hall–Kier alpha value is -1.40. The molecule has 1 fully saturated rings. The minimum absolute atomic E-state index is 0.439. The van der Waals surface area contributed by atoms with Gasteiger partial charge in [0.05, 0.1) is 0 Å². The highest BCUT2D eigenvalue weighted by atomic mass is 15.3. The van der Waals surface area contributed by atoms with Gasteiger partial charge in [0.15, 0.2) is 0 Å². The zero-order chi connectivity index (χ0) is 13.5. The fourth-order valence-electron chi connectivity index (χ4n) is 2.52. The van der Waals surface area contributed by atoms with Gasteiger partial charge in [-0.1, -0.05) is 6.42 Å². The third-order valence-electron chi connectivity index (χ3n) is 3.65. The number of nitrogens with two attached hydrogens (primary N) is 1. The average Bonchev–Trinajstić information content (AvgIpc) is 2.45. The van der Waals surface area contributed by atoms with Gasteiger partial charge in [0.2, 0.25) is 5.95 Å². The highest BCUT2D eigenvalue weighted by Crippen LogP contribution is 2.16. The first-order chi connectivity index (χ1) is 9.29. The van der Waals surface area contributed by atoms with E-state index in [4.69, 9.17) is 5.84 Å². The highest BCUT2D eigenvalue weighted by molar-refractivity contribution is 5.38. The normalized spacial score (nSPS) is 20.2. The zero-order valence-electron chi connectivity index (χ0n) is 11.6. The second-order valence-corrected chi connectivity index (χ2v) is 5.07. The molecule has 0 aromatic carbocycles. The van der Waals surface area contributed by atoms with Crippen molar-refractivity contribution in [1.29, 1.82) is 0 Å². The maximum absolute atomic E-state index is 5.28. The molecule has 1 unspecified atom stereocenters. The number of hydrogen-bond donors (Lipinski definition) is 3. The second kappa shape index (κ2) is 7.25. The Labute approximate surface area is 114 Å². The molecular weight excluding hydrogens is 240 g/mol. The molecule has 2 heterocycles. The Morgan fingerprint density at radius 1 is 1.47 bits per heavy atom. The molecule has 2 rings (SSSR count). The van der Waals surface area contributed by atoms with Crippen molar-refractivity contribution in [3.8, 4) is 0 Å². The Kier molecular flexibility index (Phi) is 5.35. The van der Waals surface area contributed by atoms with Crippen LogP contribution in [-0.4, -0.2) is 40.5 Å². The van der Waals surface area contributed by atoms with Crippen molar-refractivity contribution in [2.75, 3.05) is 30.4 Å². The number of hydrazine groups is 1. The SMILES string of the molecule is CC1CCCCN1CCCNc1ccnc(NN)n1. The van der Waals surface area contributed by atoms with Gasteiger partial charge in [-0.15, -0.1) is 0 Å². The summed E-state index contributed by atoms with van der Waals surface area (Å²) < 4.78 is 0. The number of nitrogen functional groups attached to an aromatic ring is 1. The third-order valence-corrected chi connectivity index (χ3v) is 3.65. The minimum Gasteiger partial charge on any atom is -0.370 e. The molecule has 1 saturated heterocycles. The van der Waals surface area contributed by atoms with Crippen LogP contribution in [0, 0.1) is 0 Å². The second-order valence-electron chi connectivity index (χ2n) is 5.07. The van der Waals surface area contributed by atoms with Gasteiger partial charge in [-0.2, -0.15) is 4.98 Å². The average molecular weight is 264 g/mol. The summed E-state index contributed by atoms with van der Waals surface area (Å²) in [6, 6.07) is 2.59. The van der Waals surface area contributed by atoms with E-state index in [1.807, 2.05) is 6.07 Å². The van der Waals surface area contributed by atoms with E-state index in [1.54, 1.807) is 6.20 Å². The van der Waals surface area contributed by atoms with Gasteiger partial charge in [-0.25, -0.2) is 10.8 Å². The number of nitrogens with one attached hydrogen (secondary N) is 2. The molecule has 1 atom stereocenters. The fourth-order valence-corrected chi connectivity index (χ4v) is 2.52. The Morgan fingerprint density at radius 3 is 3.16 bits per heavy atom. The predicted octanol–water partition coefficient (Wildman–Crippen LogP) is 1.44. The molecule has 0 bridgehead atoms. The molecule has 0 saturated carbocycles. The van der Waals surface area contributed by atoms with E-state index in [-0.39, 0.29) is 0 Å². The van der Waals surface area contributed by atoms with Gasteiger partial charge in [-0.3, -0.25) is 5.43 Å². The van der Waals surface area contributed by atoms with Crippen molar-refractivity contribution in [1.82, 2.24) is 14.9 Å². The minimum atomic E-state index is 0.439. The molecule has 4 N–H and O–H groups in total. The molecule has 6 heteroatoms. The summed E-state index contributed by atoms with van der Waals surface area (Å²) in [5.41, 5.74) is 2.44. The lowest BCUT2D eigenvalue weighted by Gasteiger charge is -2.33. The van der Waals surface area contributed by atoms with E-state index in [1.165, 1.54) is 25.8 Å². The molecule has 1 aromatic rings. The van der Waals surface area contributed by atoms with Gasteiger partial charge in [-0.05, 0) is 38.8 Å². The molecule has 106 valence electrons. The molecule has 0 spiro atoms. The van der Waals surface area contributed by atoms with Gasteiger partial charge in [0.25, 0.3) is 0 Å². The molecule has 6 nitrogen and oxygen atoms in total. The number of nitrogens with zero attached hydrogens (tertiary/aromatic N) is 3. The summed E-state index contributed by atoms with van der Waals surface area (Å²) in [5.74, 6) is 6.53. The van der Waals surface area contributed by atoms with Crippen LogP contribution in [0.15, 0.2) is 12.3 Å². The predicted molar refractivity (Wildman–Crippen MR) is 77.8 cm³/mol. The van der Waals surface area contributed by atoms with Gasteiger partial charge >= 0.3 is 0 Å². The monoisotopic (exact) mass is 264 g/mol. The Balaban J connectivity index is 1.68. The van der Waals surface area contributed by atoms with E-state index in [2.05, 4.69) is 32.5 Å². The van der Waals surface area contributed by atoms with Crippen LogP contribution in [0.5, 0.6) is 0 Å². The van der Waals surface area contributed by atoms with Crippen molar-refractivity contribution in [2.45, 2.75) is 38.6 Å². The summed E-state index contributed by atoms with van der Waals surface area (Å²) in [6.07, 6.45) is 6.88. The first kappa shape index (κ1) is 14.0. The van der Waals surface area contributed by atoms with Crippen LogP contribution in [0.2, 0.25) is 0 Å². The summed E-state index contributed by atoms with van der Waals surface area (Å²) >= 11 is 0. The first-order valence-corrected chi connectivity index (χ1v) is 7.07. The number of likely N-dealkylation sites (tertiary alicyclic amines) is 1. The smallest absolute Gasteiger partial charge is 0.239 e. The summed E-state index contributed by atoms with van der Waals surface area (Å²) in [6.45, 7) is 5.65. The van der Waals surface area contributed by atoms with Crippen LogP contribution in [-0.2, 0) is 0 Å². The van der Waals surface area contributed by atoms with E-state index >= 15 is 0 Å². The van der Waals surface area contributed by atoms with Crippen LogP contribution >= 0.6 is 0 Å². The van der Waals surface area contributed by atoms with Crippen LogP contribution in [0.3, 0.4) is 0 Å². The van der Waals surface area contributed by atoms with Gasteiger partial charge in [0.1, 0.15) is 5.82 Å². The van der Waals surface area contributed by atoms with Crippen molar-refractivity contribution >= 4 is 11.8 Å². The Morgan fingerprint density at radius 2 is 2.37 bits per heavy atom. The summed E-state index contributed by atoms with van der Waals surface area (Å²) in [5, 5.41) is 3.30. The lowest BCUT2D eigenvalue weighted by molar-refractivity contribution is 0.160. The molecular formula is C13H24N6. The van der Waals surface area contributed by atoms with Gasteiger partial charge < -0.3 is 10.2 Å². The number of aromatic nitrogens is 2. The maximum atomic E-state index is 5.28. The number of hydrogen-bond acceptors (Lipinski definition) is 6. The largest absolute Gasteiger partial charge is 0.370 e. The van der Waals surface area contributed by atoms with Crippen molar-refractivity contribution in [3.63, 3.8) is 0 Å². The molecule has 19 heavy (non-hydrogen) atoms. The molecule has 0 amide bonds. The van der Waals surface area contributed by atoms with E-state index in [0.29, 0.717) is 5.95 Å². The first-order valence-electron chi connectivity index (χ1n) is 7.07. The van der Waals surface area contributed by atoms with Crippen LogP contribution < -0.4 is 16.6 Å². The number of anilines is 2. The topological polar surface area (TPSA) is 79.1 Å². The molecule has 0 aliphatic carbocycles. The third kappa shape index (κ3) is 4.33. The van der Waals surface area contributed by atoms with Crippen LogP contribution in [0.1, 0.15) is 32.6 Å². The Bertz CT molecular complexity index is 383. The number of piperidine rings is 1.